The summed E-state index contributed by atoms with van der Waals surface area (Å²) in [5.74, 6) is -0.188. The van der Waals surface area contributed by atoms with E-state index in [-0.39, 0.29) is 12.5 Å². The average Bonchev–Trinajstić information content (AvgIpc) is 2.89. The van der Waals surface area contributed by atoms with Crippen LogP contribution < -0.4 is 0 Å². The molecule has 0 unspecified atom stereocenters. The molecule has 3 rings (SSSR count). The second kappa shape index (κ2) is 7.47. The van der Waals surface area contributed by atoms with E-state index >= 15 is 0 Å². The quantitative estimate of drug-likeness (QED) is 0.705. The van der Waals surface area contributed by atoms with Crippen LogP contribution in [0.5, 0.6) is 0 Å². The lowest BCUT2D eigenvalue weighted by Crippen LogP contribution is -2.48. The van der Waals surface area contributed by atoms with Crippen LogP contribution in [-0.4, -0.2) is 27.6 Å². The molecule has 1 heterocycles. The van der Waals surface area contributed by atoms with E-state index in [1.54, 1.807) is 32.9 Å². The van der Waals surface area contributed by atoms with Crippen molar-refractivity contribution in [3.8, 4) is 0 Å². The molecule has 0 fully saturated rings. The number of halogens is 1. The van der Waals surface area contributed by atoms with Crippen molar-refractivity contribution in [1.29, 1.82) is 0 Å². The van der Waals surface area contributed by atoms with Crippen LogP contribution in [0.3, 0.4) is 0 Å². The number of fused-ring (bicyclic) bond motifs is 1. The highest BCUT2D eigenvalue weighted by atomic mass is 35.5. The van der Waals surface area contributed by atoms with Crippen LogP contribution in [-0.2, 0) is 17.8 Å². The number of hydrogen-bond donors (Lipinski definition) is 0. The first-order valence-corrected chi connectivity index (χ1v) is 9.60. The first-order valence-electron chi connectivity index (χ1n) is 9.22. The Morgan fingerprint density at radius 2 is 1.82 bits per heavy atom. The van der Waals surface area contributed by atoms with Crippen molar-refractivity contribution in [2.24, 2.45) is 0 Å². The maximum atomic E-state index is 13.1. The van der Waals surface area contributed by atoms with Gasteiger partial charge < -0.3 is 4.74 Å². The Hall–Kier alpha value is -2.53. The maximum absolute atomic E-state index is 13.1. The smallest absolute Gasteiger partial charge is 0.429 e. The molecule has 0 N–H and O–H groups in total. The minimum absolute atomic E-state index is 0.188. The van der Waals surface area contributed by atoms with Crippen LogP contribution in [0.1, 0.15) is 53.4 Å². The van der Waals surface area contributed by atoms with E-state index in [2.05, 4.69) is 0 Å². The summed E-state index contributed by atoms with van der Waals surface area (Å²) < 4.78 is 5.58. The number of carbonyl (C=O) groups excluding carboxylic acids is 2. The van der Waals surface area contributed by atoms with Gasteiger partial charge in [-0.2, -0.15) is 0 Å². The standard InChI is InChI=1S/C22H25ClN2O3/c1-14-10-15(2)19-17(11-14)13-24(20(19)26)25(21(27)28-22(3,4)5)12-16-6-8-18(23)9-7-16/h6-11H,12-13H2,1-5H3. The number of carbonyl (C=O) groups is 2. The van der Waals surface area contributed by atoms with E-state index < -0.39 is 11.7 Å². The molecule has 0 aliphatic carbocycles. The van der Waals surface area contributed by atoms with Crippen LogP contribution in [0.15, 0.2) is 36.4 Å². The van der Waals surface area contributed by atoms with Gasteiger partial charge in [0.1, 0.15) is 5.60 Å². The predicted molar refractivity (Wildman–Crippen MR) is 109 cm³/mol. The summed E-state index contributed by atoms with van der Waals surface area (Å²) in [6.45, 7) is 9.88. The van der Waals surface area contributed by atoms with Gasteiger partial charge in [0.15, 0.2) is 0 Å². The van der Waals surface area contributed by atoms with E-state index in [1.165, 1.54) is 10.0 Å². The molecule has 0 saturated carbocycles. The van der Waals surface area contributed by atoms with Crippen LogP contribution >= 0.6 is 11.6 Å². The minimum atomic E-state index is -0.669. The summed E-state index contributed by atoms with van der Waals surface area (Å²) in [4.78, 5) is 26.1. The Morgan fingerprint density at radius 3 is 2.43 bits per heavy atom. The molecule has 0 bridgehead atoms. The second-order valence-electron chi connectivity index (χ2n) is 8.14. The van der Waals surface area contributed by atoms with Crippen molar-refractivity contribution in [2.75, 3.05) is 0 Å². The highest BCUT2D eigenvalue weighted by molar-refractivity contribution is 6.30. The molecule has 2 amide bonds. The molecule has 0 saturated heterocycles. The number of hydrogen-bond acceptors (Lipinski definition) is 3. The molecule has 0 aromatic heterocycles. The van der Waals surface area contributed by atoms with E-state index in [0.29, 0.717) is 17.1 Å². The first kappa shape index (κ1) is 20.2. The molecule has 0 atom stereocenters. The van der Waals surface area contributed by atoms with Crippen LogP contribution in [0, 0.1) is 13.8 Å². The highest BCUT2D eigenvalue weighted by Gasteiger charge is 2.37. The average molecular weight is 401 g/mol. The molecule has 2 aromatic carbocycles. The highest BCUT2D eigenvalue weighted by Crippen LogP contribution is 2.30. The fraction of sp³-hybridized carbons (Fsp3) is 0.364. The van der Waals surface area contributed by atoms with Gasteiger partial charge in [0, 0.05) is 10.6 Å². The molecular weight excluding hydrogens is 376 g/mol. The third-order valence-electron chi connectivity index (χ3n) is 4.47. The van der Waals surface area contributed by atoms with E-state index in [9.17, 15) is 9.59 Å². The van der Waals surface area contributed by atoms with Crippen molar-refractivity contribution in [3.63, 3.8) is 0 Å². The van der Waals surface area contributed by atoms with Gasteiger partial charge in [0.2, 0.25) is 0 Å². The summed E-state index contributed by atoms with van der Waals surface area (Å²) in [5, 5.41) is 3.47. The van der Waals surface area contributed by atoms with E-state index in [1.807, 2.05) is 38.1 Å². The van der Waals surface area contributed by atoms with Crippen molar-refractivity contribution < 1.29 is 14.3 Å². The Kier molecular flexibility index (Phi) is 5.39. The lowest BCUT2D eigenvalue weighted by Gasteiger charge is -2.33. The van der Waals surface area contributed by atoms with Gasteiger partial charge in [-0.25, -0.2) is 14.8 Å². The number of aryl methyl sites for hydroxylation is 2. The zero-order valence-electron chi connectivity index (χ0n) is 16.9. The number of benzene rings is 2. The van der Waals surface area contributed by atoms with Gasteiger partial charge in [0.25, 0.3) is 5.91 Å². The summed E-state index contributed by atoms with van der Waals surface area (Å²) in [7, 11) is 0. The molecule has 0 spiro atoms. The van der Waals surface area contributed by atoms with E-state index in [4.69, 9.17) is 16.3 Å². The molecule has 148 valence electrons. The lowest BCUT2D eigenvalue weighted by molar-refractivity contribution is -0.0428. The normalized spacial score (nSPS) is 13.5. The zero-order valence-corrected chi connectivity index (χ0v) is 17.6. The molecule has 1 aliphatic rings. The number of amides is 2. The fourth-order valence-electron chi connectivity index (χ4n) is 3.37. The number of ether oxygens (including phenoxy) is 1. The number of rotatable bonds is 3. The van der Waals surface area contributed by atoms with E-state index in [0.717, 1.165) is 22.3 Å². The number of hydrazine groups is 1. The monoisotopic (exact) mass is 400 g/mol. The Morgan fingerprint density at radius 1 is 1.18 bits per heavy atom. The third kappa shape index (κ3) is 4.30. The Balaban J connectivity index is 1.94. The van der Waals surface area contributed by atoms with Gasteiger partial charge in [-0.15, -0.1) is 0 Å². The lowest BCUT2D eigenvalue weighted by atomic mass is 10.0. The molecular formula is C22H25ClN2O3. The largest absolute Gasteiger partial charge is 0.442 e. The van der Waals surface area contributed by atoms with Crippen LogP contribution in [0.2, 0.25) is 5.02 Å². The van der Waals surface area contributed by atoms with Gasteiger partial charge >= 0.3 is 6.09 Å². The maximum Gasteiger partial charge on any atom is 0.429 e. The van der Waals surface area contributed by atoms with Crippen LogP contribution in [0.4, 0.5) is 4.79 Å². The van der Waals surface area contributed by atoms with Gasteiger partial charge in [-0.05, 0) is 63.4 Å². The molecule has 28 heavy (non-hydrogen) atoms. The molecule has 1 aliphatic heterocycles. The van der Waals surface area contributed by atoms with Crippen molar-refractivity contribution in [2.45, 2.75) is 53.3 Å². The van der Waals surface area contributed by atoms with Crippen LogP contribution in [0.25, 0.3) is 0 Å². The third-order valence-corrected chi connectivity index (χ3v) is 4.72. The predicted octanol–water partition coefficient (Wildman–Crippen LogP) is 5.26. The minimum Gasteiger partial charge on any atom is -0.442 e. The first-order chi connectivity index (χ1) is 13.0. The van der Waals surface area contributed by atoms with Crippen molar-refractivity contribution in [1.82, 2.24) is 10.0 Å². The molecule has 0 radical (unpaired) electrons. The molecule has 6 heteroatoms. The summed E-state index contributed by atoms with van der Waals surface area (Å²) >= 11 is 5.97. The molecule has 5 nitrogen and oxygen atoms in total. The van der Waals surface area contributed by atoms with Crippen molar-refractivity contribution >= 4 is 23.6 Å². The Bertz CT molecular complexity index is 917. The van der Waals surface area contributed by atoms with Crippen molar-refractivity contribution in [3.05, 3.63) is 69.2 Å². The molecule has 2 aromatic rings. The zero-order chi connectivity index (χ0) is 20.6. The van der Waals surface area contributed by atoms with Gasteiger partial charge in [0.05, 0.1) is 13.1 Å². The second-order valence-corrected chi connectivity index (χ2v) is 8.58. The number of nitrogens with zero attached hydrogens (tertiary/aromatic N) is 2. The van der Waals surface area contributed by atoms with Gasteiger partial charge in [-0.3, -0.25) is 4.79 Å². The SMILES string of the molecule is Cc1cc(C)c2c(c1)CN(N(Cc1ccc(Cl)cc1)C(=O)OC(C)(C)C)C2=O. The summed E-state index contributed by atoms with van der Waals surface area (Å²) in [6, 6.07) is 11.2. The summed E-state index contributed by atoms with van der Waals surface area (Å²) in [6.07, 6.45) is -0.557. The fourth-order valence-corrected chi connectivity index (χ4v) is 3.50. The Labute approximate surface area is 170 Å². The summed E-state index contributed by atoms with van der Waals surface area (Å²) in [5.41, 5.74) is 3.78. The topological polar surface area (TPSA) is 49.9 Å². The van der Waals surface area contributed by atoms with Gasteiger partial charge in [-0.1, -0.05) is 41.4 Å².